The minimum absolute atomic E-state index is 0.0156. The fourth-order valence-corrected chi connectivity index (χ4v) is 3.18. The summed E-state index contributed by atoms with van der Waals surface area (Å²) in [5, 5.41) is 2.95. The lowest BCUT2D eigenvalue weighted by atomic mass is 9.54. The topological polar surface area (TPSA) is 73.6 Å². The van der Waals surface area contributed by atoms with Gasteiger partial charge in [0.25, 0.3) is 0 Å². The van der Waals surface area contributed by atoms with Gasteiger partial charge in [0.05, 0.1) is 12.2 Å². The molecular formula is C19H30N2O3. The van der Waals surface area contributed by atoms with E-state index in [4.69, 9.17) is 15.2 Å². The van der Waals surface area contributed by atoms with Crippen molar-refractivity contribution in [1.29, 1.82) is 0 Å². The first-order valence-corrected chi connectivity index (χ1v) is 8.61. The van der Waals surface area contributed by atoms with Gasteiger partial charge in [-0.3, -0.25) is 4.79 Å². The largest absolute Gasteiger partial charge is 0.491 e. The molecular weight excluding hydrogens is 304 g/mol. The lowest BCUT2D eigenvalue weighted by Crippen LogP contribution is -2.74. The molecule has 1 aliphatic rings. The molecule has 24 heavy (non-hydrogen) atoms. The van der Waals surface area contributed by atoms with Crippen molar-refractivity contribution < 1.29 is 14.3 Å². The van der Waals surface area contributed by atoms with Crippen molar-refractivity contribution >= 4 is 11.6 Å². The monoisotopic (exact) mass is 334 g/mol. The highest BCUT2D eigenvalue weighted by Gasteiger charge is 2.62. The molecule has 1 fully saturated rings. The second-order valence-corrected chi connectivity index (χ2v) is 7.44. The normalized spacial score (nSPS) is 25.2. The van der Waals surface area contributed by atoms with Gasteiger partial charge >= 0.3 is 0 Å². The quantitative estimate of drug-likeness (QED) is 0.837. The maximum absolute atomic E-state index is 12.7. The molecule has 3 N–H and O–H groups in total. The molecule has 0 aromatic heterocycles. The average Bonchev–Trinajstić information content (AvgIpc) is 2.49. The van der Waals surface area contributed by atoms with E-state index in [-0.39, 0.29) is 18.1 Å². The summed E-state index contributed by atoms with van der Waals surface area (Å²) in [6.07, 6.45) is 0.664. The molecule has 2 rings (SSSR count). The maximum Gasteiger partial charge on any atom is 0.245 e. The Balaban J connectivity index is 2.09. The van der Waals surface area contributed by atoms with Gasteiger partial charge in [-0.15, -0.1) is 0 Å². The standard InChI is InChI=1S/C19H30N2O3/c1-7-23-16-11-19(20,18(16,5)6)17(22)21-14-8-9-15(13(4)10-14)24-12(2)3/h8-10,12,16H,7,11,20H2,1-6H3,(H,21,22). The van der Waals surface area contributed by atoms with E-state index in [0.29, 0.717) is 13.0 Å². The third kappa shape index (κ3) is 3.28. The summed E-state index contributed by atoms with van der Waals surface area (Å²) in [6.45, 7) is 12.5. The highest BCUT2D eigenvalue weighted by atomic mass is 16.5. The van der Waals surface area contributed by atoms with E-state index in [0.717, 1.165) is 17.0 Å². The summed E-state index contributed by atoms with van der Waals surface area (Å²) in [5.74, 6) is 0.659. The third-order valence-electron chi connectivity index (χ3n) is 5.03. The molecule has 5 nitrogen and oxygen atoms in total. The summed E-state index contributed by atoms with van der Waals surface area (Å²) in [6, 6.07) is 5.63. The van der Waals surface area contributed by atoms with Crippen LogP contribution in [0.2, 0.25) is 0 Å². The van der Waals surface area contributed by atoms with Gasteiger partial charge in [0.2, 0.25) is 5.91 Å². The zero-order valence-corrected chi connectivity index (χ0v) is 15.6. The van der Waals surface area contributed by atoms with E-state index in [1.54, 1.807) is 0 Å². The number of aryl methyl sites for hydroxylation is 1. The molecule has 1 amide bonds. The van der Waals surface area contributed by atoms with Crippen molar-refractivity contribution in [2.45, 2.75) is 65.7 Å². The van der Waals surface area contributed by atoms with Gasteiger partial charge < -0.3 is 20.5 Å². The van der Waals surface area contributed by atoms with Crippen molar-refractivity contribution in [3.8, 4) is 5.75 Å². The van der Waals surface area contributed by atoms with E-state index in [1.165, 1.54) is 0 Å². The molecule has 1 aromatic rings. The Labute approximate surface area is 144 Å². The Morgan fingerprint density at radius 3 is 2.58 bits per heavy atom. The highest BCUT2D eigenvalue weighted by Crippen LogP contribution is 2.50. The van der Waals surface area contributed by atoms with Crippen LogP contribution in [0.25, 0.3) is 0 Å². The summed E-state index contributed by atoms with van der Waals surface area (Å²) in [5.41, 5.74) is 6.80. The second kappa shape index (κ2) is 6.73. The number of benzene rings is 1. The fraction of sp³-hybridized carbons (Fsp3) is 0.632. The van der Waals surface area contributed by atoms with E-state index in [9.17, 15) is 4.79 Å². The minimum atomic E-state index is -0.923. The van der Waals surface area contributed by atoms with Crippen LogP contribution in [0.1, 0.15) is 46.6 Å². The molecule has 1 aromatic carbocycles. The zero-order valence-electron chi connectivity index (χ0n) is 15.6. The number of hydrogen-bond acceptors (Lipinski definition) is 4. The maximum atomic E-state index is 12.7. The first-order valence-electron chi connectivity index (χ1n) is 8.61. The van der Waals surface area contributed by atoms with Crippen LogP contribution in [-0.2, 0) is 9.53 Å². The van der Waals surface area contributed by atoms with E-state index in [2.05, 4.69) is 5.32 Å². The molecule has 5 heteroatoms. The fourth-order valence-electron chi connectivity index (χ4n) is 3.18. The van der Waals surface area contributed by atoms with Gasteiger partial charge in [0.15, 0.2) is 0 Å². The SMILES string of the molecule is CCOC1CC(N)(C(=O)Nc2ccc(OC(C)C)c(C)c2)C1(C)C. The Morgan fingerprint density at radius 2 is 2.08 bits per heavy atom. The van der Waals surface area contributed by atoms with Crippen LogP contribution in [0.5, 0.6) is 5.75 Å². The summed E-state index contributed by atoms with van der Waals surface area (Å²) in [7, 11) is 0. The van der Waals surface area contributed by atoms with Crippen LogP contribution in [0.15, 0.2) is 18.2 Å². The first kappa shape index (κ1) is 18.7. The molecule has 2 atom stereocenters. The van der Waals surface area contributed by atoms with Crippen molar-refractivity contribution in [2.24, 2.45) is 11.1 Å². The van der Waals surface area contributed by atoms with E-state index < -0.39 is 11.0 Å². The van der Waals surface area contributed by atoms with Gasteiger partial charge in [-0.2, -0.15) is 0 Å². The Bertz CT molecular complexity index is 613. The number of anilines is 1. The van der Waals surface area contributed by atoms with E-state index >= 15 is 0 Å². The predicted molar refractivity (Wildman–Crippen MR) is 96.3 cm³/mol. The third-order valence-corrected chi connectivity index (χ3v) is 5.03. The number of rotatable bonds is 6. The minimum Gasteiger partial charge on any atom is -0.491 e. The Kier molecular flexibility index (Phi) is 5.25. The van der Waals surface area contributed by atoms with Crippen LogP contribution >= 0.6 is 0 Å². The van der Waals surface area contributed by atoms with Crippen LogP contribution in [-0.4, -0.2) is 30.3 Å². The summed E-state index contributed by atoms with van der Waals surface area (Å²) < 4.78 is 11.4. The number of carbonyl (C=O) groups is 1. The molecule has 0 spiro atoms. The van der Waals surface area contributed by atoms with Crippen LogP contribution in [0.3, 0.4) is 0 Å². The average molecular weight is 334 g/mol. The number of nitrogens with one attached hydrogen (secondary N) is 1. The molecule has 134 valence electrons. The number of ether oxygens (including phenoxy) is 2. The van der Waals surface area contributed by atoms with Crippen LogP contribution in [0.4, 0.5) is 5.69 Å². The molecule has 2 unspecified atom stereocenters. The number of amides is 1. The Morgan fingerprint density at radius 1 is 1.42 bits per heavy atom. The van der Waals surface area contributed by atoms with Gasteiger partial charge in [0.1, 0.15) is 11.3 Å². The van der Waals surface area contributed by atoms with Crippen molar-refractivity contribution in [1.82, 2.24) is 0 Å². The molecule has 0 saturated heterocycles. The van der Waals surface area contributed by atoms with Gasteiger partial charge in [0, 0.05) is 24.1 Å². The first-order chi connectivity index (χ1) is 11.1. The van der Waals surface area contributed by atoms with Gasteiger partial charge in [-0.05, 0) is 51.5 Å². The lowest BCUT2D eigenvalue weighted by Gasteiger charge is -2.57. The summed E-state index contributed by atoms with van der Waals surface area (Å²) >= 11 is 0. The highest BCUT2D eigenvalue weighted by molar-refractivity contribution is 5.99. The van der Waals surface area contributed by atoms with Gasteiger partial charge in [-0.25, -0.2) is 0 Å². The molecule has 0 bridgehead atoms. The van der Waals surface area contributed by atoms with Gasteiger partial charge in [-0.1, -0.05) is 13.8 Å². The van der Waals surface area contributed by atoms with Crippen LogP contribution in [0, 0.1) is 12.3 Å². The number of carbonyl (C=O) groups excluding carboxylic acids is 1. The molecule has 0 radical (unpaired) electrons. The molecule has 0 aliphatic heterocycles. The number of nitrogens with two attached hydrogens (primary N) is 1. The van der Waals surface area contributed by atoms with Crippen molar-refractivity contribution in [3.63, 3.8) is 0 Å². The lowest BCUT2D eigenvalue weighted by molar-refractivity contribution is -0.166. The van der Waals surface area contributed by atoms with E-state index in [1.807, 2.05) is 59.7 Å². The van der Waals surface area contributed by atoms with Crippen molar-refractivity contribution in [2.75, 3.05) is 11.9 Å². The zero-order chi connectivity index (χ0) is 18.1. The smallest absolute Gasteiger partial charge is 0.245 e. The molecule has 1 saturated carbocycles. The second-order valence-electron chi connectivity index (χ2n) is 7.44. The Hall–Kier alpha value is -1.59. The predicted octanol–water partition coefficient (Wildman–Crippen LogP) is 3.25. The van der Waals surface area contributed by atoms with Crippen LogP contribution < -0.4 is 15.8 Å². The molecule has 0 heterocycles. The number of hydrogen-bond donors (Lipinski definition) is 2. The van der Waals surface area contributed by atoms with Crippen molar-refractivity contribution in [3.05, 3.63) is 23.8 Å². The summed E-state index contributed by atoms with van der Waals surface area (Å²) in [4.78, 5) is 12.7. The molecule has 1 aliphatic carbocycles.